The van der Waals surface area contributed by atoms with Gasteiger partial charge in [-0.05, 0) is 38.0 Å². The molecule has 0 unspecified atom stereocenters. The zero-order valence-electron chi connectivity index (χ0n) is 11.1. The Labute approximate surface area is 112 Å². The molecule has 1 N–H and O–H groups in total. The number of rotatable bonds is 3. The number of hydrogen-bond donors (Lipinski definition) is 1. The summed E-state index contributed by atoms with van der Waals surface area (Å²) in [5.41, 5.74) is 1.54. The van der Waals surface area contributed by atoms with E-state index >= 15 is 0 Å². The number of hydrogen-bond acceptors (Lipinski definition) is 4. The van der Waals surface area contributed by atoms with Gasteiger partial charge < -0.3 is 14.6 Å². The molecule has 1 aliphatic rings. The number of carbonyl (C=O) groups is 1. The SMILES string of the molecule is COC(=O)C1=C[C@H](O)CC[C@@H]1Oc1ccc(C)cc1. The van der Waals surface area contributed by atoms with Crippen LogP contribution in [0.3, 0.4) is 0 Å². The molecule has 0 spiro atoms. The van der Waals surface area contributed by atoms with Crippen molar-refractivity contribution in [2.45, 2.75) is 32.0 Å². The van der Waals surface area contributed by atoms with E-state index < -0.39 is 12.1 Å². The molecule has 0 saturated carbocycles. The highest BCUT2D eigenvalue weighted by Gasteiger charge is 2.29. The number of benzene rings is 1. The molecule has 4 nitrogen and oxygen atoms in total. The van der Waals surface area contributed by atoms with Crippen LogP contribution < -0.4 is 4.74 Å². The van der Waals surface area contributed by atoms with Crippen LogP contribution in [0.5, 0.6) is 5.75 Å². The largest absolute Gasteiger partial charge is 0.485 e. The first-order valence-corrected chi connectivity index (χ1v) is 6.31. The van der Waals surface area contributed by atoms with E-state index in [9.17, 15) is 9.90 Å². The lowest BCUT2D eigenvalue weighted by atomic mass is 9.94. The first-order chi connectivity index (χ1) is 9.10. The summed E-state index contributed by atoms with van der Waals surface area (Å²) in [7, 11) is 1.33. The lowest BCUT2D eigenvalue weighted by molar-refractivity contribution is -0.137. The van der Waals surface area contributed by atoms with Gasteiger partial charge >= 0.3 is 5.97 Å². The highest BCUT2D eigenvalue weighted by Crippen LogP contribution is 2.25. The van der Waals surface area contributed by atoms with E-state index in [-0.39, 0.29) is 6.10 Å². The Morgan fingerprint density at radius 2 is 1.95 bits per heavy atom. The minimum atomic E-state index is -0.605. The van der Waals surface area contributed by atoms with Crippen LogP contribution in [0, 0.1) is 6.92 Å². The fourth-order valence-corrected chi connectivity index (χ4v) is 2.10. The molecular formula is C15H18O4. The van der Waals surface area contributed by atoms with E-state index in [0.29, 0.717) is 24.2 Å². The van der Waals surface area contributed by atoms with Gasteiger partial charge in [0.05, 0.1) is 18.8 Å². The summed E-state index contributed by atoms with van der Waals surface area (Å²) >= 11 is 0. The van der Waals surface area contributed by atoms with Gasteiger partial charge in [-0.2, -0.15) is 0 Å². The van der Waals surface area contributed by atoms with Crippen molar-refractivity contribution < 1.29 is 19.4 Å². The molecule has 1 aromatic rings. The Bertz CT molecular complexity index is 475. The smallest absolute Gasteiger partial charge is 0.337 e. The average molecular weight is 262 g/mol. The Balaban J connectivity index is 2.16. The minimum Gasteiger partial charge on any atom is -0.485 e. The summed E-state index contributed by atoms with van der Waals surface area (Å²) in [4.78, 5) is 11.7. The molecule has 0 bridgehead atoms. The minimum absolute atomic E-state index is 0.362. The van der Waals surface area contributed by atoms with E-state index in [1.807, 2.05) is 31.2 Å². The highest BCUT2D eigenvalue weighted by molar-refractivity contribution is 5.89. The van der Waals surface area contributed by atoms with Crippen LogP contribution in [0.2, 0.25) is 0 Å². The third kappa shape index (κ3) is 3.35. The number of esters is 1. The van der Waals surface area contributed by atoms with Crippen LogP contribution in [0.15, 0.2) is 35.9 Å². The monoisotopic (exact) mass is 262 g/mol. The third-order valence-corrected chi connectivity index (χ3v) is 3.16. The molecule has 0 radical (unpaired) electrons. The van der Waals surface area contributed by atoms with Gasteiger partial charge in [-0.15, -0.1) is 0 Å². The van der Waals surface area contributed by atoms with Gasteiger partial charge in [0.1, 0.15) is 11.9 Å². The van der Waals surface area contributed by atoms with Crippen LogP contribution in [-0.2, 0) is 9.53 Å². The fourth-order valence-electron chi connectivity index (χ4n) is 2.10. The van der Waals surface area contributed by atoms with E-state index in [2.05, 4.69) is 0 Å². The quantitative estimate of drug-likeness (QED) is 0.846. The first kappa shape index (κ1) is 13.6. The van der Waals surface area contributed by atoms with Gasteiger partial charge in [0.25, 0.3) is 0 Å². The van der Waals surface area contributed by atoms with Crippen molar-refractivity contribution in [3.63, 3.8) is 0 Å². The summed E-state index contributed by atoms with van der Waals surface area (Å²) in [5, 5.41) is 9.60. The molecule has 2 rings (SSSR count). The van der Waals surface area contributed by atoms with Crippen molar-refractivity contribution in [3.8, 4) is 5.75 Å². The van der Waals surface area contributed by atoms with Crippen LogP contribution >= 0.6 is 0 Å². The number of carbonyl (C=O) groups excluding carboxylic acids is 1. The van der Waals surface area contributed by atoms with Crippen LogP contribution in [0.25, 0.3) is 0 Å². The first-order valence-electron chi connectivity index (χ1n) is 6.31. The Kier molecular flexibility index (Phi) is 4.22. The lowest BCUT2D eigenvalue weighted by Crippen LogP contribution is -2.31. The number of methoxy groups -OCH3 is 1. The molecule has 0 fully saturated rings. The maximum absolute atomic E-state index is 11.7. The predicted molar refractivity (Wildman–Crippen MR) is 70.9 cm³/mol. The second kappa shape index (κ2) is 5.89. The van der Waals surface area contributed by atoms with Gasteiger partial charge in [0, 0.05) is 0 Å². The number of aliphatic hydroxyl groups is 1. The molecule has 2 atom stereocenters. The second-order valence-corrected chi connectivity index (χ2v) is 4.68. The molecule has 1 aliphatic carbocycles. The Morgan fingerprint density at radius 3 is 2.58 bits per heavy atom. The molecule has 4 heteroatoms. The maximum Gasteiger partial charge on any atom is 0.337 e. The zero-order chi connectivity index (χ0) is 13.8. The van der Waals surface area contributed by atoms with Crippen molar-refractivity contribution in [2.24, 2.45) is 0 Å². The summed E-state index contributed by atoms with van der Waals surface area (Å²) in [5.74, 6) is 0.262. The van der Waals surface area contributed by atoms with E-state index in [4.69, 9.17) is 9.47 Å². The summed E-state index contributed by atoms with van der Waals surface area (Å²) < 4.78 is 10.5. The number of ether oxygens (including phenoxy) is 2. The van der Waals surface area contributed by atoms with Gasteiger partial charge in [-0.25, -0.2) is 4.79 Å². The van der Waals surface area contributed by atoms with Crippen LogP contribution in [0.1, 0.15) is 18.4 Å². The van der Waals surface area contributed by atoms with Crippen molar-refractivity contribution in [2.75, 3.05) is 7.11 Å². The lowest BCUT2D eigenvalue weighted by Gasteiger charge is -2.26. The van der Waals surface area contributed by atoms with Crippen molar-refractivity contribution >= 4 is 5.97 Å². The molecule has 102 valence electrons. The summed E-state index contributed by atoms with van der Waals surface area (Å²) in [6.45, 7) is 2.00. The molecule has 0 aliphatic heterocycles. The molecule has 1 aromatic carbocycles. The molecule has 0 aromatic heterocycles. The number of aliphatic hydroxyl groups excluding tert-OH is 1. The van der Waals surface area contributed by atoms with Gasteiger partial charge in [0.15, 0.2) is 0 Å². The fraction of sp³-hybridized carbons (Fsp3) is 0.400. The summed E-state index contributed by atoms with van der Waals surface area (Å²) in [6, 6.07) is 7.65. The van der Waals surface area contributed by atoms with E-state index in [0.717, 1.165) is 5.56 Å². The number of aryl methyl sites for hydroxylation is 1. The second-order valence-electron chi connectivity index (χ2n) is 4.68. The van der Waals surface area contributed by atoms with Crippen LogP contribution in [0.4, 0.5) is 0 Å². The molecular weight excluding hydrogens is 244 g/mol. The maximum atomic E-state index is 11.7. The molecule has 0 heterocycles. The van der Waals surface area contributed by atoms with Crippen molar-refractivity contribution in [1.29, 1.82) is 0 Å². The van der Waals surface area contributed by atoms with Crippen molar-refractivity contribution in [1.82, 2.24) is 0 Å². The van der Waals surface area contributed by atoms with E-state index in [1.54, 1.807) is 0 Å². The topological polar surface area (TPSA) is 55.8 Å². The van der Waals surface area contributed by atoms with Gasteiger partial charge in [-0.1, -0.05) is 17.7 Å². The average Bonchev–Trinajstić information content (AvgIpc) is 2.42. The Hall–Kier alpha value is -1.81. The van der Waals surface area contributed by atoms with E-state index in [1.165, 1.54) is 13.2 Å². The molecule has 0 saturated heterocycles. The Morgan fingerprint density at radius 1 is 1.26 bits per heavy atom. The third-order valence-electron chi connectivity index (χ3n) is 3.16. The molecule has 19 heavy (non-hydrogen) atoms. The van der Waals surface area contributed by atoms with Gasteiger partial charge in [-0.3, -0.25) is 0 Å². The van der Waals surface area contributed by atoms with Crippen LogP contribution in [-0.4, -0.2) is 30.4 Å². The standard InChI is InChI=1S/C15H18O4/c1-10-3-6-12(7-4-10)19-14-8-5-11(16)9-13(14)15(17)18-2/h3-4,6-7,9,11,14,16H,5,8H2,1-2H3/t11-,14+/m1/s1. The highest BCUT2D eigenvalue weighted by atomic mass is 16.5. The van der Waals surface area contributed by atoms with Crippen molar-refractivity contribution in [3.05, 3.63) is 41.5 Å². The molecule has 0 amide bonds. The summed E-state index contributed by atoms with van der Waals surface area (Å²) in [6.07, 6.45) is 1.73. The van der Waals surface area contributed by atoms with Gasteiger partial charge in [0.2, 0.25) is 0 Å². The normalized spacial score (nSPS) is 22.6. The zero-order valence-corrected chi connectivity index (χ0v) is 11.1. The predicted octanol–water partition coefficient (Wildman–Crippen LogP) is 2.00.